The van der Waals surface area contributed by atoms with E-state index < -0.39 is 47.0 Å². The van der Waals surface area contributed by atoms with E-state index in [4.69, 9.17) is 0 Å². The van der Waals surface area contributed by atoms with E-state index in [2.05, 4.69) is 36.4 Å². The Morgan fingerprint density at radius 3 is 2.30 bits per heavy atom. The molecule has 1 aromatic rings. The van der Waals surface area contributed by atoms with Gasteiger partial charge >= 0.3 is 0 Å². The van der Waals surface area contributed by atoms with Crippen molar-refractivity contribution in [2.75, 3.05) is 6.54 Å². The SMILES string of the molecule is C=CC(=O)N[C@H](C(=O)N1CC2[C@@H]([C@H]1C(=O)NC(CC1CC1)C(=O)C(=O)NCc1ccccc1)C2(C)C)C(C)(C)C. The molecule has 5 atom stereocenters. The van der Waals surface area contributed by atoms with Crippen molar-refractivity contribution in [3.63, 3.8) is 0 Å². The second-order valence-electron chi connectivity index (χ2n) is 13.2. The van der Waals surface area contributed by atoms with Crippen LogP contribution in [0.5, 0.6) is 0 Å². The Morgan fingerprint density at radius 2 is 1.73 bits per heavy atom. The lowest BCUT2D eigenvalue weighted by molar-refractivity contribution is -0.146. The number of carbonyl (C=O) groups is 5. The summed E-state index contributed by atoms with van der Waals surface area (Å²) in [5, 5.41) is 8.29. The van der Waals surface area contributed by atoms with Crippen molar-refractivity contribution in [2.45, 2.75) is 78.6 Å². The van der Waals surface area contributed by atoms with Crippen molar-refractivity contribution in [1.82, 2.24) is 20.9 Å². The Labute approximate surface area is 236 Å². The van der Waals surface area contributed by atoms with E-state index in [1.165, 1.54) is 0 Å². The maximum Gasteiger partial charge on any atom is 0.289 e. The van der Waals surface area contributed by atoms with E-state index in [0.29, 0.717) is 13.0 Å². The first-order chi connectivity index (χ1) is 18.8. The average Bonchev–Trinajstić information content (AvgIpc) is 3.76. The number of likely N-dealkylation sites (tertiary alicyclic amines) is 1. The molecule has 1 heterocycles. The predicted molar refractivity (Wildman–Crippen MR) is 150 cm³/mol. The number of benzene rings is 1. The number of ketones is 1. The predicted octanol–water partition coefficient (Wildman–Crippen LogP) is 2.36. The number of hydrogen-bond donors (Lipinski definition) is 3. The smallest absolute Gasteiger partial charge is 0.289 e. The van der Waals surface area contributed by atoms with E-state index in [1.54, 1.807) is 4.90 Å². The molecule has 0 radical (unpaired) electrons. The maximum atomic E-state index is 13.9. The number of Topliss-reactive ketones (excluding diaryl/α,β-unsaturated/α-hetero) is 1. The molecule has 4 amide bonds. The normalized spacial score (nSPS) is 24.2. The molecule has 1 aliphatic heterocycles. The summed E-state index contributed by atoms with van der Waals surface area (Å²) in [5.41, 5.74) is 0.120. The molecule has 216 valence electrons. The van der Waals surface area contributed by atoms with E-state index >= 15 is 0 Å². The molecule has 3 N–H and O–H groups in total. The van der Waals surface area contributed by atoms with E-state index in [9.17, 15) is 24.0 Å². The van der Waals surface area contributed by atoms with E-state index in [1.807, 2.05) is 51.1 Å². The van der Waals surface area contributed by atoms with Crippen LogP contribution in [0, 0.1) is 28.6 Å². The standard InChI is InChI=1S/C31H42N4O5/c1-7-22(36)34-26(30(2,3)4)29(40)35-17-20-23(31(20,5)6)24(35)27(38)33-21(15-18-13-14-18)25(37)28(39)32-16-19-11-9-8-10-12-19/h7-12,18,20-21,23-24,26H,1,13-17H2,2-6H3,(H,32,39)(H,33,38)(H,34,36)/t20?,21?,23-,24-,26+/m0/s1. The first-order valence-electron chi connectivity index (χ1n) is 14.2. The topological polar surface area (TPSA) is 125 Å². The Morgan fingerprint density at radius 1 is 1.07 bits per heavy atom. The van der Waals surface area contributed by atoms with Crippen LogP contribution in [0.15, 0.2) is 43.0 Å². The van der Waals surface area contributed by atoms with Gasteiger partial charge in [0.25, 0.3) is 5.91 Å². The third-order valence-corrected chi connectivity index (χ3v) is 8.76. The lowest BCUT2D eigenvalue weighted by Crippen LogP contribution is -2.60. The Kier molecular flexibility index (Phi) is 8.24. The minimum absolute atomic E-state index is 0.0734. The van der Waals surface area contributed by atoms with Crippen LogP contribution < -0.4 is 16.0 Å². The number of fused-ring (bicyclic) bond motifs is 1. The molecule has 2 saturated carbocycles. The number of piperidine rings is 1. The van der Waals surface area contributed by atoms with Gasteiger partial charge in [0.05, 0.1) is 6.04 Å². The molecule has 0 bridgehead atoms. The van der Waals surface area contributed by atoms with Crippen molar-refractivity contribution in [3.8, 4) is 0 Å². The van der Waals surface area contributed by atoms with Gasteiger partial charge < -0.3 is 20.9 Å². The molecular formula is C31H42N4O5. The fourth-order valence-corrected chi connectivity index (χ4v) is 6.03. The summed E-state index contributed by atoms with van der Waals surface area (Å²) < 4.78 is 0. The molecule has 2 aliphatic carbocycles. The number of rotatable bonds is 11. The fourth-order valence-electron chi connectivity index (χ4n) is 6.03. The molecular weight excluding hydrogens is 508 g/mol. The highest BCUT2D eigenvalue weighted by Gasteiger charge is 2.70. The monoisotopic (exact) mass is 550 g/mol. The van der Waals surface area contributed by atoms with Gasteiger partial charge in [0.1, 0.15) is 12.1 Å². The lowest BCUT2D eigenvalue weighted by atomic mass is 9.85. The van der Waals surface area contributed by atoms with Crippen LogP contribution in [0.1, 0.15) is 59.4 Å². The summed E-state index contributed by atoms with van der Waals surface area (Å²) in [7, 11) is 0. The zero-order valence-electron chi connectivity index (χ0n) is 24.2. The molecule has 2 unspecified atom stereocenters. The first kappa shape index (κ1) is 29.5. The van der Waals surface area contributed by atoms with Gasteiger partial charge in [-0.25, -0.2) is 0 Å². The minimum Gasteiger partial charge on any atom is -0.345 e. The molecule has 9 nitrogen and oxygen atoms in total. The summed E-state index contributed by atoms with van der Waals surface area (Å²) >= 11 is 0. The van der Waals surface area contributed by atoms with Crippen LogP contribution in [-0.4, -0.2) is 59.0 Å². The van der Waals surface area contributed by atoms with Gasteiger partial charge in [-0.3, -0.25) is 24.0 Å². The molecule has 0 aromatic heterocycles. The fraction of sp³-hybridized carbons (Fsp3) is 0.581. The van der Waals surface area contributed by atoms with Gasteiger partial charge in [-0.1, -0.05) is 84.4 Å². The van der Waals surface area contributed by atoms with Crippen LogP contribution in [0.2, 0.25) is 0 Å². The molecule has 1 aromatic carbocycles. The summed E-state index contributed by atoms with van der Waals surface area (Å²) in [5.74, 6) is -2.30. The third-order valence-electron chi connectivity index (χ3n) is 8.76. The zero-order valence-corrected chi connectivity index (χ0v) is 24.2. The van der Waals surface area contributed by atoms with Crippen molar-refractivity contribution in [1.29, 1.82) is 0 Å². The van der Waals surface area contributed by atoms with Gasteiger partial charge in [-0.2, -0.15) is 0 Å². The molecule has 4 rings (SSSR count). The molecule has 0 spiro atoms. The van der Waals surface area contributed by atoms with Gasteiger partial charge in [0, 0.05) is 13.1 Å². The Balaban J connectivity index is 1.51. The maximum absolute atomic E-state index is 13.9. The number of amides is 4. The highest BCUT2D eigenvalue weighted by atomic mass is 16.2. The third kappa shape index (κ3) is 6.29. The number of carbonyl (C=O) groups excluding carboxylic acids is 5. The van der Waals surface area contributed by atoms with Gasteiger partial charge in [-0.05, 0) is 46.6 Å². The van der Waals surface area contributed by atoms with Gasteiger partial charge in [0.2, 0.25) is 23.5 Å². The van der Waals surface area contributed by atoms with Crippen molar-refractivity contribution < 1.29 is 24.0 Å². The second kappa shape index (κ2) is 11.2. The van der Waals surface area contributed by atoms with Crippen molar-refractivity contribution in [3.05, 3.63) is 48.6 Å². The summed E-state index contributed by atoms with van der Waals surface area (Å²) in [4.78, 5) is 67.5. The summed E-state index contributed by atoms with van der Waals surface area (Å²) in [6.07, 6.45) is 3.42. The van der Waals surface area contributed by atoms with Crippen LogP contribution in [0.3, 0.4) is 0 Å². The lowest BCUT2D eigenvalue weighted by Gasteiger charge is -2.37. The largest absolute Gasteiger partial charge is 0.345 e. The van der Waals surface area contributed by atoms with E-state index in [0.717, 1.165) is 24.5 Å². The zero-order chi connectivity index (χ0) is 29.4. The molecule has 1 saturated heterocycles. The highest BCUT2D eigenvalue weighted by Crippen LogP contribution is 2.65. The minimum atomic E-state index is -0.965. The Hall–Kier alpha value is -3.49. The molecule has 3 aliphatic rings. The quantitative estimate of drug-likeness (QED) is 0.288. The average molecular weight is 551 g/mol. The summed E-state index contributed by atoms with van der Waals surface area (Å²) in [6, 6.07) is 6.68. The molecule has 40 heavy (non-hydrogen) atoms. The van der Waals surface area contributed by atoms with Crippen LogP contribution >= 0.6 is 0 Å². The van der Waals surface area contributed by atoms with Crippen LogP contribution in [0.4, 0.5) is 0 Å². The number of hydrogen-bond acceptors (Lipinski definition) is 5. The van der Waals surface area contributed by atoms with Crippen LogP contribution in [-0.2, 0) is 30.5 Å². The van der Waals surface area contributed by atoms with E-state index in [-0.39, 0.29) is 35.6 Å². The van der Waals surface area contributed by atoms with Crippen molar-refractivity contribution in [2.24, 2.45) is 28.6 Å². The first-order valence-corrected chi connectivity index (χ1v) is 14.2. The number of nitrogens with one attached hydrogen (secondary N) is 3. The molecule has 9 heteroatoms. The second-order valence-corrected chi connectivity index (χ2v) is 13.2. The Bertz CT molecular complexity index is 1180. The van der Waals surface area contributed by atoms with Crippen LogP contribution in [0.25, 0.3) is 0 Å². The summed E-state index contributed by atoms with van der Waals surface area (Å²) in [6.45, 7) is 13.8. The van der Waals surface area contributed by atoms with Gasteiger partial charge in [0.15, 0.2) is 0 Å². The number of nitrogens with zero attached hydrogens (tertiary/aromatic N) is 1. The van der Waals surface area contributed by atoms with Crippen molar-refractivity contribution >= 4 is 29.4 Å². The van der Waals surface area contributed by atoms with Gasteiger partial charge in [-0.15, -0.1) is 0 Å². The highest BCUT2D eigenvalue weighted by molar-refractivity contribution is 6.38. The molecule has 3 fully saturated rings.